The number of hydrazine groups is 1. The number of carbonyl (C=O) groups excluding carboxylic acids is 2. The Labute approximate surface area is 149 Å². The summed E-state index contributed by atoms with van der Waals surface area (Å²) in [5.41, 5.74) is 5.38. The van der Waals surface area contributed by atoms with Crippen molar-refractivity contribution in [1.82, 2.24) is 15.8 Å². The van der Waals surface area contributed by atoms with Gasteiger partial charge in [-0.2, -0.15) is 0 Å². The van der Waals surface area contributed by atoms with E-state index in [2.05, 4.69) is 31.8 Å². The fourth-order valence-electron chi connectivity index (χ4n) is 2.01. The minimum Gasteiger partial charge on any atom is -0.356 e. The Hall–Kier alpha value is -2.45. The van der Waals surface area contributed by atoms with Crippen molar-refractivity contribution in [2.45, 2.75) is 0 Å². The monoisotopic (exact) mass is 407 g/mol. The van der Waals surface area contributed by atoms with E-state index in [1.165, 1.54) is 6.07 Å². The third-order valence-electron chi connectivity index (χ3n) is 3.15. The van der Waals surface area contributed by atoms with Crippen molar-refractivity contribution in [2.75, 3.05) is 0 Å². The van der Waals surface area contributed by atoms with Crippen molar-refractivity contribution in [3.05, 3.63) is 69.5 Å². The average Bonchev–Trinajstić information content (AvgIpc) is 3.22. The molecule has 5 nitrogen and oxygen atoms in total. The van der Waals surface area contributed by atoms with Crippen LogP contribution in [-0.2, 0) is 0 Å². The Morgan fingerprint density at radius 3 is 2.54 bits per heavy atom. The number of thiophene rings is 1. The van der Waals surface area contributed by atoms with Crippen LogP contribution in [0.1, 0.15) is 20.2 Å². The quantitative estimate of drug-likeness (QED) is 0.578. The second kappa shape index (κ2) is 6.98. The van der Waals surface area contributed by atoms with E-state index in [0.717, 1.165) is 15.8 Å². The number of aromatic amines is 1. The average molecular weight is 408 g/mol. The Balaban J connectivity index is 1.66. The number of aromatic nitrogens is 1. The molecule has 2 aromatic heterocycles. The SMILES string of the molecule is O=C(NNC(=O)c1ccc(-c2ccccc2F)s1)c1cc(Br)c[nH]1. The summed E-state index contributed by atoms with van der Waals surface area (Å²) < 4.78 is 14.5. The molecule has 0 fully saturated rings. The molecule has 3 rings (SSSR count). The van der Waals surface area contributed by atoms with E-state index in [9.17, 15) is 14.0 Å². The summed E-state index contributed by atoms with van der Waals surface area (Å²) in [6, 6.07) is 11.2. The topological polar surface area (TPSA) is 74.0 Å². The second-order valence-electron chi connectivity index (χ2n) is 4.78. The molecule has 0 spiro atoms. The number of hydrogen-bond acceptors (Lipinski definition) is 3. The maximum absolute atomic E-state index is 13.8. The van der Waals surface area contributed by atoms with E-state index in [1.807, 2.05) is 0 Å². The van der Waals surface area contributed by atoms with Gasteiger partial charge < -0.3 is 4.98 Å². The number of nitrogens with one attached hydrogen (secondary N) is 3. The number of hydrogen-bond donors (Lipinski definition) is 3. The molecule has 24 heavy (non-hydrogen) atoms. The van der Waals surface area contributed by atoms with Gasteiger partial charge >= 0.3 is 0 Å². The number of halogens is 2. The van der Waals surface area contributed by atoms with Crippen LogP contribution in [0.4, 0.5) is 4.39 Å². The van der Waals surface area contributed by atoms with E-state index in [-0.39, 0.29) is 5.82 Å². The molecule has 3 N–H and O–H groups in total. The third-order valence-corrected chi connectivity index (χ3v) is 4.73. The first-order chi connectivity index (χ1) is 11.5. The number of amides is 2. The lowest BCUT2D eigenvalue weighted by atomic mass is 10.2. The summed E-state index contributed by atoms with van der Waals surface area (Å²) in [7, 11) is 0. The van der Waals surface area contributed by atoms with Crippen LogP contribution in [0.3, 0.4) is 0 Å². The van der Waals surface area contributed by atoms with Gasteiger partial charge in [-0.3, -0.25) is 20.4 Å². The van der Waals surface area contributed by atoms with E-state index in [4.69, 9.17) is 0 Å². The van der Waals surface area contributed by atoms with E-state index in [0.29, 0.717) is 21.0 Å². The molecule has 0 bridgehead atoms. The smallest absolute Gasteiger partial charge is 0.286 e. The number of carbonyl (C=O) groups is 2. The second-order valence-corrected chi connectivity index (χ2v) is 6.78. The van der Waals surface area contributed by atoms with Crippen LogP contribution in [0.25, 0.3) is 10.4 Å². The van der Waals surface area contributed by atoms with Crippen molar-refractivity contribution < 1.29 is 14.0 Å². The molecule has 0 aliphatic heterocycles. The summed E-state index contributed by atoms with van der Waals surface area (Å²) in [6.45, 7) is 0. The van der Waals surface area contributed by atoms with Gasteiger partial charge in [0.2, 0.25) is 0 Å². The molecule has 0 aliphatic rings. The molecule has 0 radical (unpaired) electrons. The Morgan fingerprint density at radius 1 is 1.08 bits per heavy atom. The number of H-pyrrole nitrogens is 1. The van der Waals surface area contributed by atoms with E-state index >= 15 is 0 Å². The molecule has 0 saturated heterocycles. The van der Waals surface area contributed by atoms with Crippen LogP contribution in [0.5, 0.6) is 0 Å². The minimum atomic E-state index is -0.472. The summed E-state index contributed by atoms with van der Waals surface area (Å²) in [6.07, 6.45) is 1.61. The highest BCUT2D eigenvalue weighted by atomic mass is 79.9. The Morgan fingerprint density at radius 2 is 1.83 bits per heavy atom. The van der Waals surface area contributed by atoms with Gasteiger partial charge in [0.05, 0.1) is 4.88 Å². The molecule has 0 saturated carbocycles. The number of rotatable bonds is 3. The van der Waals surface area contributed by atoms with Gasteiger partial charge in [0, 0.05) is 21.1 Å². The predicted octanol–water partition coefficient (Wildman–Crippen LogP) is 3.72. The molecular weight excluding hydrogens is 397 g/mol. The third kappa shape index (κ3) is 3.55. The van der Waals surface area contributed by atoms with Gasteiger partial charge in [-0.1, -0.05) is 18.2 Å². The van der Waals surface area contributed by atoms with E-state index < -0.39 is 11.8 Å². The Kier molecular flexibility index (Phi) is 4.77. The van der Waals surface area contributed by atoms with Gasteiger partial charge in [-0.25, -0.2) is 4.39 Å². The fraction of sp³-hybridized carbons (Fsp3) is 0. The molecular formula is C16H11BrFN3O2S. The van der Waals surface area contributed by atoms with Crippen LogP contribution in [0, 0.1) is 5.82 Å². The lowest BCUT2D eigenvalue weighted by molar-refractivity contribution is 0.0846. The fourth-order valence-corrected chi connectivity index (χ4v) is 3.28. The van der Waals surface area contributed by atoms with Crippen LogP contribution < -0.4 is 10.9 Å². The molecule has 122 valence electrons. The summed E-state index contributed by atoms with van der Waals surface area (Å²) in [5.74, 6) is -1.29. The Bertz CT molecular complexity index is 906. The van der Waals surface area contributed by atoms with E-state index in [1.54, 1.807) is 42.6 Å². The summed E-state index contributed by atoms with van der Waals surface area (Å²) in [4.78, 5) is 27.7. The predicted molar refractivity (Wildman–Crippen MR) is 93.1 cm³/mol. The lowest BCUT2D eigenvalue weighted by Gasteiger charge is -2.04. The molecule has 8 heteroatoms. The van der Waals surface area contributed by atoms with Crippen molar-refractivity contribution in [1.29, 1.82) is 0 Å². The zero-order valence-corrected chi connectivity index (χ0v) is 14.5. The molecule has 0 unspecified atom stereocenters. The highest BCUT2D eigenvalue weighted by molar-refractivity contribution is 9.10. The van der Waals surface area contributed by atoms with Crippen molar-refractivity contribution in [3.63, 3.8) is 0 Å². The highest BCUT2D eigenvalue weighted by Gasteiger charge is 2.14. The standard InChI is InChI=1S/C16H11BrFN3O2S/c17-9-7-12(19-8-9)15(22)20-21-16(23)14-6-5-13(24-14)10-3-1-2-4-11(10)18/h1-8,19H,(H,20,22)(H,21,23). The molecule has 1 aromatic carbocycles. The zero-order valence-electron chi connectivity index (χ0n) is 12.1. The van der Waals surface area contributed by atoms with Crippen LogP contribution in [-0.4, -0.2) is 16.8 Å². The van der Waals surface area contributed by atoms with Crippen molar-refractivity contribution >= 4 is 39.1 Å². The molecule has 0 atom stereocenters. The normalized spacial score (nSPS) is 10.4. The van der Waals surface area contributed by atoms with Gasteiger partial charge in [0.25, 0.3) is 11.8 Å². The van der Waals surface area contributed by atoms with Gasteiger partial charge in [0.15, 0.2) is 0 Å². The van der Waals surface area contributed by atoms with Gasteiger partial charge in [-0.15, -0.1) is 11.3 Å². The van der Waals surface area contributed by atoms with Crippen LogP contribution in [0.2, 0.25) is 0 Å². The summed E-state index contributed by atoms with van der Waals surface area (Å²) >= 11 is 4.36. The molecule has 2 amide bonds. The van der Waals surface area contributed by atoms with Crippen molar-refractivity contribution in [3.8, 4) is 10.4 Å². The maximum atomic E-state index is 13.8. The first-order valence-corrected chi connectivity index (χ1v) is 8.45. The molecule has 2 heterocycles. The lowest BCUT2D eigenvalue weighted by Crippen LogP contribution is -2.41. The maximum Gasteiger partial charge on any atom is 0.286 e. The minimum absolute atomic E-state index is 0.306. The van der Waals surface area contributed by atoms with Crippen LogP contribution in [0.15, 0.2) is 53.1 Å². The van der Waals surface area contributed by atoms with Crippen molar-refractivity contribution in [2.24, 2.45) is 0 Å². The van der Waals surface area contributed by atoms with Gasteiger partial charge in [-0.05, 0) is 40.2 Å². The summed E-state index contributed by atoms with van der Waals surface area (Å²) in [5, 5.41) is 0. The zero-order chi connectivity index (χ0) is 17.1. The first kappa shape index (κ1) is 16.4. The highest BCUT2D eigenvalue weighted by Crippen LogP contribution is 2.29. The van der Waals surface area contributed by atoms with Crippen LogP contribution >= 0.6 is 27.3 Å². The largest absolute Gasteiger partial charge is 0.356 e. The molecule has 3 aromatic rings. The number of benzene rings is 1. The molecule has 0 aliphatic carbocycles. The first-order valence-electron chi connectivity index (χ1n) is 6.84. The van der Waals surface area contributed by atoms with Gasteiger partial charge in [0.1, 0.15) is 11.5 Å².